The molecule has 0 radical (unpaired) electrons. The Hall–Kier alpha value is -0.970. The molecular formula is C13H15Cl2NO2S. The number of methoxy groups -OCH3 is 1. The van der Waals surface area contributed by atoms with E-state index >= 15 is 0 Å². The third-order valence-electron chi connectivity index (χ3n) is 2.41. The standard InChI is InChI=1S/C13H15Cl2NO2S/c1-8-6-9(18-5-4-11(14)15)7-10(12(8)17-3)13(19)16-2/h4,6-7H,5H2,1-3H3,(H,16,19). The van der Waals surface area contributed by atoms with Crippen LogP contribution in [0.2, 0.25) is 0 Å². The summed E-state index contributed by atoms with van der Waals surface area (Å²) in [6.07, 6.45) is 1.57. The van der Waals surface area contributed by atoms with Crippen molar-refractivity contribution in [1.29, 1.82) is 0 Å². The number of rotatable bonds is 5. The van der Waals surface area contributed by atoms with Gasteiger partial charge in [-0.15, -0.1) is 0 Å². The van der Waals surface area contributed by atoms with E-state index in [1.54, 1.807) is 20.2 Å². The number of hydrogen-bond acceptors (Lipinski definition) is 3. The molecule has 1 N–H and O–H groups in total. The number of hydrogen-bond donors (Lipinski definition) is 1. The van der Waals surface area contributed by atoms with E-state index in [1.807, 2.05) is 19.1 Å². The van der Waals surface area contributed by atoms with Gasteiger partial charge in [-0.2, -0.15) is 0 Å². The quantitative estimate of drug-likeness (QED) is 0.840. The lowest BCUT2D eigenvalue weighted by atomic mass is 10.1. The summed E-state index contributed by atoms with van der Waals surface area (Å²) in [7, 11) is 3.38. The highest BCUT2D eigenvalue weighted by molar-refractivity contribution is 7.80. The molecule has 0 amide bonds. The van der Waals surface area contributed by atoms with E-state index in [-0.39, 0.29) is 4.49 Å². The third-order valence-corrected chi connectivity index (χ3v) is 3.14. The van der Waals surface area contributed by atoms with E-state index in [4.69, 9.17) is 44.9 Å². The molecule has 3 nitrogen and oxygen atoms in total. The molecule has 19 heavy (non-hydrogen) atoms. The molecule has 104 valence electrons. The monoisotopic (exact) mass is 319 g/mol. The van der Waals surface area contributed by atoms with Crippen LogP contribution in [0.1, 0.15) is 11.1 Å². The van der Waals surface area contributed by atoms with Gasteiger partial charge in [-0.1, -0.05) is 35.4 Å². The number of ether oxygens (including phenoxy) is 2. The molecule has 6 heteroatoms. The predicted octanol–water partition coefficient (Wildman–Crippen LogP) is 3.60. The average Bonchev–Trinajstić information content (AvgIpc) is 2.36. The second kappa shape index (κ2) is 7.58. The first-order chi connectivity index (χ1) is 8.99. The Bertz CT molecular complexity index is 500. The number of thiocarbonyl (C=S) groups is 1. The lowest BCUT2D eigenvalue weighted by molar-refractivity contribution is 0.360. The first kappa shape index (κ1) is 16.1. The van der Waals surface area contributed by atoms with Crippen LogP contribution in [0.5, 0.6) is 11.5 Å². The maximum atomic E-state index is 5.54. The lowest BCUT2D eigenvalue weighted by Crippen LogP contribution is -2.18. The molecule has 1 aromatic rings. The van der Waals surface area contributed by atoms with Gasteiger partial charge in [0.1, 0.15) is 27.6 Å². The normalized spacial score (nSPS) is 9.74. The lowest BCUT2D eigenvalue weighted by Gasteiger charge is -2.14. The second-order valence-corrected chi connectivity index (χ2v) is 5.12. The number of benzene rings is 1. The summed E-state index contributed by atoms with van der Waals surface area (Å²) >= 11 is 16.3. The number of nitrogens with one attached hydrogen (secondary N) is 1. The van der Waals surface area contributed by atoms with Gasteiger partial charge in [0.25, 0.3) is 0 Å². The number of aryl methyl sites for hydroxylation is 1. The van der Waals surface area contributed by atoms with E-state index in [0.717, 1.165) is 16.9 Å². The zero-order valence-corrected chi connectivity index (χ0v) is 13.2. The molecule has 0 heterocycles. The maximum absolute atomic E-state index is 5.54. The Morgan fingerprint density at radius 1 is 1.42 bits per heavy atom. The predicted molar refractivity (Wildman–Crippen MR) is 83.8 cm³/mol. The summed E-state index contributed by atoms with van der Waals surface area (Å²) < 4.78 is 11.1. The fourth-order valence-corrected chi connectivity index (χ4v) is 1.88. The molecule has 0 aliphatic carbocycles. The van der Waals surface area contributed by atoms with E-state index in [2.05, 4.69) is 5.32 Å². The molecule has 0 spiro atoms. The SMILES string of the molecule is CNC(=S)c1cc(OCC=C(Cl)Cl)cc(C)c1OC. The van der Waals surface area contributed by atoms with Crippen LogP contribution < -0.4 is 14.8 Å². The Kier molecular flexibility index (Phi) is 6.42. The summed E-state index contributed by atoms with van der Waals surface area (Å²) in [5.74, 6) is 1.41. The Morgan fingerprint density at radius 2 is 2.11 bits per heavy atom. The van der Waals surface area contributed by atoms with Crippen molar-refractivity contribution in [2.24, 2.45) is 0 Å². The molecule has 0 unspecified atom stereocenters. The molecule has 0 saturated heterocycles. The molecular weight excluding hydrogens is 305 g/mol. The molecule has 0 bridgehead atoms. The van der Waals surface area contributed by atoms with Crippen molar-refractivity contribution in [2.45, 2.75) is 6.92 Å². The molecule has 0 aliphatic rings. The minimum absolute atomic E-state index is 0.177. The molecule has 0 atom stereocenters. The zero-order chi connectivity index (χ0) is 14.4. The minimum atomic E-state index is 0.177. The van der Waals surface area contributed by atoms with Crippen LogP contribution in [0.3, 0.4) is 0 Å². The van der Waals surface area contributed by atoms with Crippen molar-refractivity contribution in [1.82, 2.24) is 5.32 Å². The van der Waals surface area contributed by atoms with Gasteiger partial charge in [0.2, 0.25) is 0 Å². The summed E-state index contributed by atoms with van der Waals surface area (Å²) in [6, 6.07) is 3.69. The van der Waals surface area contributed by atoms with E-state index in [0.29, 0.717) is 17.3 Å². The van der Waals surface area contributed by atoms with Crippen molar-refractivity contribution < 1.29 is 9.47 Å². The highest BCUT2D eigenvalue weighted by Crippen LogP contribution is 2.29. The van der Waals surface area contributed by atoms with E-state index < -0.39 is 0 Å². The van der Waals surface area contributed by atoms with Crippen LogP contribution in [0.25, 0.3) is 0 Å². The van der Waals surface area contributed by atoms with Crippen molar-refractivity contribution in [2.75, 3.05) is 20.8 Å². The summed E-state index contributed by atoms with van der Waals surface area (Å²) in [6.45, 7) is 2.22. The smallest absolute Gasteiger partial charge is 0.132 e. The average molecular weight is 320 g/mol. The van der Waals surface area contributed by atoms with Gasteiger partial charge in [-0.05, 0) is 30.7 Å². The topological polar surface area (TPSA) is 30.5 Å². The molecule has 0 aromatic heterocycles. The zero-order valence-electron chi connectivity index (χ0n) is 10.9. The molecule has 0 fully saturated rings. The Labute approximate surface area is 128 Å². The van der Waals surface area contributed by atoms with Gasteiger partial charge in [0, 0.05) is 7.05 Å². The molecule has 0 saturated carbocycles. The summed E-state index contributed by atoms with van der Waals surface area (Å²) in [5, 5.41) is 2.93. The third kappa shape index (κ3) is 4.56. The first-order valence-electron chi connectivity index (χ1n) is 5.54. The van der Waals surface area contributed by atoms with Gasteiger partial charge in [0.05, 0.1) is 12.7 Å². The fraction of sp³-hybridized carbons (Fsp3) is 0.308. The van der Waals surface area contributed by atoms with Crippen molar-refractivity contribution >= 4 is 40.4 Å². The summed E-state index contributed by atoms with van der Waals surface area (Å²) in [4.78, 5) is 0.594. The van der Waals surface area contributed by atoms with Gasteiger partial charge in [-0.3, -0.25) is 0 Å². The minimum Gasteiger partial charge on any atom is -0.496 e. The van der Waals surface area contributed by atoms with Crippen molar-refractivity contribution in [3.63, 3.8) is 0 Å². The van der Waals surface area contributed by atoms with Gasteiger partial charge < -0.3 is 14.8 Å². The van der Waals surface area contributed by atoms with Gasteiger partial charge >= 0.3 is 0 Å². The Morgan fingerprint density at radius 3 is 2.63 bits per heavy atom. The van der Waals surface area contributed by atoms with Crippen LogP contribution in [-0.4, -0.2) is 25.8 Å². The van der Waals surface area contributed by atoms with E-state index in [9.17, 15) is 0 Å². The molecule has 1 aromatic carbocycles. The molecule has 1 rings (SSSR count). The largest absolute Gasteiger partial charge is 0.496 e. The van der Waals surface area contributed by atoms with Gasteiger partial charge in [-0.25, -0.2) is 0 Å². The van der Waals surface area contributed by atoms with Crippen molar-refractivity contribution in [3.8, 4) is 11.5 Å². The first-order valence-corrected chi connectivity index (χ1v) is 6.70. The fourth-order valence-electron chi connectivity index (χ4n) is 1.60. The van der Waals surface area contributed by atoms with Crippen LogP contribution in [0.15, 0.2) is 22.7 Å². The van der Waals surface area contributed by atoms with Crippen molar-refractivity contribution in [3.05, 3.63) is 33.8 Å². The van der Waals surface area contributed by atoms with E-state index in [1.165, 1.54) is 0 Å². The van der Waals surface area contributed by atoms with Gasteiger partial charge in [0.15, 0.2) is 0 Å². The second-order valence-electron chi connectivity index (χ2n) is 3.70. The highest BCUT2D eigenvalue weighted by Gasteiger charge is 2.12. The maximum Gasteiger partial charge on any atom is 0.132 e. The Balaban J connectivity index is 3.05. The van der Waals surface area contributed by atoms with Crippen LogP contribution in [0.4, 0.5) is 0 Å². The van der Waals surface area contributed by atoms with Crippen LogP contribution in [0, 0.1) is 6.92 Å². The van der Waals surface area contributed by atoms with Crippen LogP contribution >= 0.6 is 35.4 Å². The summed E-state index contributed by atoms with van der Waals surface area (Å²) in [5.41, 5.74) is 1.73. The van der Waals surface area contributed by atoms with Crippen LogP contribution in [-0.2, 0) is 0 Å². The highest BCUT2D eigenvalue weighted by atomic mass is 35.5. The number of halogens is 2. The molecule has 0 aliphatic heterocycles.